The van der Waals surface area contributed by atoms with Gasteiger partial charge in [-0.2, -0.15) is 0 Å². The average Bonchev–Trinajstić information content (AvgIpc) is 3.43. The van der Waals surface area contributed by atoms with E-state index < -0.39 is 0 Å². The normalized spacial score (nSPS) is 11.8. The highest BCUT2D eigenvalue weighted by atomic mass is 35.5. The number of carbonyl (C=O) groups excluding carboxylic acids is 1. The number of rotatable bonds is 5. The molecule has 0 saturated carbocycles. The molecule has 0 spiro atoms. The van der Waals surface area contributed by atoms with Gasteiger partial charge in [0.05, 0.1) is 11.2 Å². The average molecular weight is 475 g/mol. The molecule has 0 fully saturated rings. The number of carbonyl (C=O) groups is 1. The van der Waals surface area contributed by atoms with Gasteiger partial charge in [0.15, 0.2) is 0 Å². The Balaban J connectivity index is 1.48. The first-order valence-electron chi connectivity index (χ1n) is 10.2. The van der Waals surface area contributed by atoms with E-state index in [0.717, 1.165) is 28.0 Å². The van der Waals surface area contributed by atoms with Crippen LogP contribution in [0.1, 0.15) is 5.56 Å². The number of fused-ring (bicyclic) bond motifs is 1. The van der Waals surface area contributed by atoms with Crippen LogP contribution in [0, 0.1) is 6.92 Å². The highest BCUT2D eigenvalue weighted by Gasteiger charge is 2.12. The predicted octanol–water partition coefficient (Wildman–Crippen LogP) is 4.54. The van der Waals surface area contributed by atoms with E-state index >= 15 is 0 Å². The van der Waals surface area contributed by atoms with Gasteiger partial charge in [0.1, 0.15) is 12.1 Å². The van der Waals surface area contributed by atoms with E-state index in [-0.39, 0.29) is 12.5 Å². The minimum absolute atomic E-state index is 0.0150. The van der Waals surface area contributed by atoms with Crippen LogP contribution in [0.3, 0.4) is 0 Å². The molecule has 5 aromatic rings. The largest absolute Gasteiger partial charge is 0.284 e. The molecule has 5 rings (SSSR count). The summed E-state index contributed by atoms with van der Waals surface area (Å²) in [6.07, 6.45) is 0. The summed E-state index contributed by atoms with van der Waals surface area (Å²) < 4.78 is 3.55. The molecular weight excluding hydrogens is 456 g/mol. The number of aromatic nitrogens is 4. The van der Waals surface area contributed by atoms with Crippen molar-refractivity contribution >= 4 is 39.9 Å². The first-order chi connectivity index (χ1) is 16.1. The van der Waals surface area contributed by atoms with Crippen molar-refractivity contribution in [1.82, 2.24) is 25.0 Å². The van der Waals surface area contributed by atoms with Crippen LogP contribution in [0.25, 0.3) is 28.0 Å². The van der Waals surface area contributed by atoms with Crippen molar-refractivity contribution in [3.8, 4) is 16.9 Å². The molecule has 1 amide bonds. The molecule has 1 N–H and O–H groups in total. The highest BCUT2D eigenvalue weighted by molar-refractivity contribution is 7.07. The Kier molecular flexibility index (Phi) is 5.77. The van der Waals surface area contributed by atoms with Crippen molar-refractivity contribution in [3.05, 3.63) is 93.6 Å². The van der Waals surface area contributed by atoms with Crippen LogP contribution in [-0.4, -0.2) is 25.5 Å². The smallest absolute Gasteiger partial charge is 0.261 e. The van der Waals surface area contributed by atoms with Gasteiger partial charge in [0.25, 0.3) is 5.91 Å². The van der Waals surface area contributed by atoms with Crippen molar-refractivity contribution in [2.24, 2.45) is 5.10 Å². The second kappa shape index (κ2) is 9.01. The molecule has 164 valence electrons. The number of hydrogen-bond donors (Lipinski definition) is 1. The van der Waals surface area contributed by atoms with Crippen molar-refractivity contribution in [3.63, 3.8) is 0 Å². The lowest BCUT2D eigenvalue weighted by molar-refractivity contribution is -0.121. The SMILES string of the molecule is Cc1ccc(-c2cs/c(=N\NC(=O)Cn3nnc4ccccc43)n2-c2ccc(Cl)cc2)cc1. The fourth-order valence-electron chi connectivity index (χ4n) is 3.47. The zero-order valence-corrected chi connectivity index (χ0v) is 19.2. The molecule has 2 aromatic heterocycles. The Morgan fingerprint density at radius 2 is 1.82 bits per heavy atom. The van der Waals surface area contributed by atoms with Crippen molar-refractivity contribution < 1.29 is 4.79 Å². The molecule has 7 nitrogen and oxygen atoms in total. The zero-order valence-electron chi connectivity index (χ0n) is 17.6. The number of thiazole rings is 1. The Morgan fingerprint density at radius 3 is 2.61 bits per heavy atom. The quantitative estimate of drug-likeness (QED) is 0.380. The minimum Gasteiger partial charge on any atom is -0.284 e. The van der Waals surface area contributed by atoms with Crippen LogP contribution in [0.15, 0.2) is 83.3 Å². The molecule has 0 unspecified atom stereocenters. The standard InChI is InChI=1S/C24H19ClN6OS/c1-16-6-8-17(9-7-16)22-15-33-24(31(22)19-12-10-18(25)11-13-19)28-27-23(32)14-30-21-5-3-2-4-20(21)26-29-30/h2-13,15H,14H2,1H3,(H,27,32)/b28-24-. The van der Waals surface area contributed by atoms with Crippen LogP contribution in [-0.2, 0) is 11.3 Å². The summed E-state index contributed by atoms with van der Waals surface area (Å²) in [7, 11) is 0. The second-order valence-corrected chi connectivity index (χ2v) is 8.74. The molecule has 0 saturated heterocycles. The van der Waals surface area contributed by atoms with Gasteiger partial charge in [-0.15, -0.1) is 21.5 Å². The summed E-state index contributed by atoms with van der Waals surface area (Å²) >= 11 is 7.54. The van der Waals surface area contributed by atoms with E-state index in [1.54, 1.807) is 4.68 Å². The van der Waals surface area contributed by atoms with Gasteiger partial charge in [-0.05, 0) is 48.9 Å². The number of hydrogen-bond acceptors (Lipinski definition) is 5. The van der Waals surface area contributed by atoms with E-state index in [4.69, 9.17) is 11.6 Å². The maximum absolute atomic E-state index is 12.6. The van der Waals surface area contributed by atoms with Crippen LogP contribution in [0.5, 0.6) is 0 Å². The van der Waals surface area contributed by atoms with Crippen molar-refractivity contribution in [1.29, 1.82) is 0 Å². The minimum atomic E-state index is -0.293. The molecule has 0 bridgehead atoms. The van der Waals surface area contributed by atoms with Crippen LogP contribution in [0.2, 0.25) is 5.02 Å². The maximum atomic E-state index is 12.6. The summed E-state index contributed by atoms with van der Waals surface area (Å²) in [5.74, 6) is -0.293. The summed E-state index contributed by atoms with van der Waals surface area (Å²) in [6, 6.07) is 23.3. The molecule has 2 heterocycles. The molecule has 0 aliphatic heterocycles. The molecule has 0 aliphatic rings. The Hall–Kier alpha value is -3.75. The van der Waals surface area contributed by atoms with Gasteiger partial charge < -0.3 is 0 Å². The highest BCUT2D eigenvalue weighted by Crippen LogP contribution is 2.24. The third kappa shape index (κ3) is 4.44. The molecule has 0 radical (unpaired) electrons. The monoisotopic (exact) mass is 474 g/mol. The molecule has 9 heteroatoms. The summed E-state index contributed by atoms with van der Waals surface area (Å²) in [6.45, 7) is 2.07. The number of nitrogens with zero attached hydrogens (tertiary/aromatic N) is 5. The van der Waals surface area contributed by atoms with E-state index in [9.17, 15) is 4.79 Å². The van der Waals surface area contributed by atoms with Gasteiger partial charge >= 0.3 is 0 Å². The summed E-state index contributed by atoms with van der Waals surface area (Å²) in [5, 5.41) is 15.2. The van der Waals surface area contributed by atoms with E-state index in [2.05, 4.69) is 52.0 Å². The van der Waals surface area contributed by atoms with Crippen LogP contribution in [0.4, 0.5) is 0 Å². The summed E-state index contributed by atoms with van der Waals surface area (Å²) in [5.41, 5.74) is 8.29. The van der Waals surface area contributed by atoms with Gasteiger partial charge in [-0.1, -0.05) is 58.8 Å². The fraction of sp³-hybridized carbons (Fsp3) is 0.0833. The maximum Gasteiger partial charge on any atom is 0.261 e. The Labute approximate surface area is 198 Å². The lowest BCUT2D eigenvalue weighted by atomic mass is 10.1. The molecule has 0 aliphatic carbocycles. The van der Waals surface area contributed by atoms with E-state index in [0.29, 0.717) is 9.82 Å². The molecule has 3 aromatic carbocycles. The predicted molar refractivity (Wildman–Crippen MR) is 130 cm³/mol. The topological polar surface area (TPSA) is 77.1 Å². The Morgan fingerprint density at radius 1 is 1.06 bits per heavy atom. The lowest BCUT2D eigenvalue weighted by Crippen LogP contribution is -2.27. The number of benzene rings is 3. The number of amides is 1. The van der Waals surface area contributed by atoms with Crippen molar-refractivity contribution in [2.45, 2.75) is 13.5 Å². The van der Waals surface area contributed by atoms with E-state index in [1.807, 2.05) is 58.5 Å². The van der Waals surface area contributed by atoms with Gasteiger partial charge in [0, 0.05) is 16.1 Å². The molecule has 33 heavy (non-hydrogen) atoms. The third-order valence-electron chi connectivity index (χ3n) is 5.13. The van der Waals surface area contributed by atoms with Gasteiger partial charge in [-0.3, -0.25) is 9.36 Å². The van der Waals surface area contributed by atoms with Gasteiger partial charge in [-0.25, -0.2) is 10.1 Å². The number of halogens is 1. The number of aryl methyl sites for hydroxylation is 1. The van der Waals surface area contributed by atoms with Gasteiger partial charge in [0.2, 0.25) is 4.80 Å². The number of para-hydroxylation sites is 1. The zero-order chi connectivity index (χ0) is 22.8. The van der Waals surface area contributed by atoms with Crippen LogP contribution < -0.4 is 10.2 Å². The second-order valence-electron chi connectivity index (χ2n) is 7.46. The van der Waals surface area contributed by atoms with Crippen molar-refractivity contribution in [2.75, 3.05) is 0 Å². The van der Waals surface area contributed by atoms with Crippen LogP contribution >= 0.6 is 22.9 Å². The Bertz CT molecular complexity index is 1500. The molecular formula is C24H19ClN6OS. The third-order valence-corrected chi connectivity index (χ3v) is 6.21. The molecule has 0 atom stereocenters. The fourth-order valence-corrected chi connectivity index (χ4v) is 4.46. The lowest BCUT2D eigenvalue weighted by Gasteiger charge is -2.10. The van der Waals surface area contributed by atoms with E-state index in [1.165, 1.54) is 16.9 Å². The summed E-state index contributed by atoms with van der Waals surface area (Å²) in [4.78, 5) is 13.2. The number of nitrogens with one attached hydrogen (secondary N) is 1. The first kappa shape index (κ1) is 21.1. The first-order valence-corrected chi connectivity index (χ1v) is 11.5.